The first-order valence-corrected chi connectivity index (χ1v) is 5.82. The van der Waals surface area contributed by atoms with E-state index in [1.807, 2.05) is 0 Å². The normalized spacial score (nSPS) is 12.0. The summed E-state index contributed by atoms with van der Waals surface area (Å²) in [6, 6.07) is 0.696. The van der Waals surface area contributed by atoms with Gasteiger partial charge in [0.05, 0.1) is 0 Å². The van der Waals surface area contributed by atoms with E-state index in [1.165, 1.54) is 32.2 Å². The van der Waals surface area contributed by atoms with Gasteiger partial charge >= 0.3 is 0 Å². The van der Waals surface area contributed by atoms with Gasteiger partial charge in [0.25, 0.3) is 0 Å². The van der Waals surface area contributed by atoms with Crippen molar-refractivity contribution in [2.75, 3.05) is 13.6 Å². The highest BCUT2D eigenvalue weighted by atomic mass is 15.1. The van der Waals surface area contributed by atoms with Crippen molar-refractivity contribution in [3.05, 3.63) is 0 Å². The Kier molecular flexibility index (Phi) is 7.35. The van der Waals surface area contributed by atoms with Crippen LogP contribution >= 0.6 is 0 Å². The summed E-state index contributed by atoms with van der Waals surface area (Å²) < 4.78 is 0. The summed E-state index contributed by atoms with van der Waals surface area (Å²) in [5.74, 6) is 0.959. The van der Waals surface area contributed by atoms with Gasteiger partial charge in [-0.05, 0) is 46.2 Å². The first kappa shape index (κ1) is 13.0. The van der Waals surface area contributed by atoms with Crippen LogP contribution in [-0.2, 0) is 0 Å². The topological polar surface area (TPSA) is 3.24 Å². The van der Waals surface area contributed by atoms with E-state index < -0.39 is 0 Å². The molecule has 0 aliphatic heterocycles. The van der Waals surface area contributed by atoms with Crippen LogP contribution in [0.2, 0.25) is 0 Å². The fourth-order valence-electron chi connectivity index (χ4n) is 1.58. The average molecular weight is 185 g/mol. The first-order chi connectivity index (χ1) is 6.11. The van der Waals surface area contributed by atoms with Gasteiger partial charge in [-0.15, -0.1) is 0 Å². The van der Waals surface area contributed by atoms with Crippen LogP contribution in [0.15, 0.2) is 0 Å². The molecular weight excluding hydrogens is 158 g/mol. The van der Waals surface area contributed by atoms with Gasteiger partial charge in [0.2, 0.25) is 0 Å². The second kappa shape index (κ2) is 7.37. The highest BCUT2D eigenvalue weighted by Gasteiger charge is 2.05. The Morgan fingerprint density at radius 1 is 1.08 bits per heavy atom. The Bertz CT molecular complexity index is 104. The molecule has 1 nitrogen and oxygen atoms in total. The second-order valence-corrected chi connectivity index (χ2v) is 4.40. The quantitative estimate of drug-likeness (QED) is 0.586. The lowest BCUT2D eigenvalue weighted by molar-refractivity contribution is 0.258. The molecule has 0 aliphatic carbocycles. The van der Waals surface area contributed by atoms with E-state index in [9.17, 15) is 0 Å². The van der Waals surface area contributed by atoms with Gasteiger partial charge in [-0.2, -0.15) is 0 Å². The Morgan fingerprint density at radius 3 is 2.00 bits per heavy atom. The summed E-state index contributed by atoms with van der Waals surface area (Å²) in [6.07, 6.45) is 5.47. The van der Waals surface area contributed by atoms with Crippen molar-refractivity contribution in [2.24, 2.45) is 5.92 Å². The molecule has 0 saturated carbocycles. The van der Waals surface area contributed by atoms with Crippen molar-refractivity contribution >= 4 is 0 Å². The Hall–Kier alpha value is -0.0400. The number of rotatable bonds is 7. The number of hydrogen-bond acceptors (Lipinski definition) is 1. The highest BCUT2D eigenvalue weighted by Crippen LogP contribution is 2.14. The van der Waals surface area contributed by atoms with Gasteiger partial charge in [0.1, 0.15) is 0 Å². The fraction of sp³-hybridized carbons (Fsp3) is 1.00. The molecule has 0 fully saturated rings. The average Bonchev–Trinajstić information content (AvgIpc) is 2.12. The van der Waals surface area contributed by atoms with Gasteiger partial charge in [-0.1, -0.05) is 26.7 Å². The lowest BCUT2D eigenvalue weighted by atomic mass is 9.97. The third kappa shape index (κ3) is 6.09. The van der Waals surface area contributed by atoms with E-state index in [0.29, 0.717) is 6.04 Å². The van der Waals surface area contributed by atoms with Crippen LogP contribution in [0.25, 0.3) is 0 Å². The maximum Gasteiger partial charge on any atom is 0.00355 e. The summed E-state index contributed by atoms with van der Waals surface area (Å²) in [5, 5.41) is 0. The molecule has 0 atom stereocenters. The van der Waals surface area contributed by atoms with Crippen LogP contribution < -0.4 is 0 Å². The molecule has 0 unspecified atom stereocenters. The Balaban J connectivity index is 3.43. The summed E-state index contributed by atoms with van der Waals surface area (Å²) in [7, 11) is 2.22. The molecule has 0 N–H and O–H groups in total. The van der Waals surface area contributed by atoms with Gasteiger partial charge in [-0.25, -0.2) is 0 Å². The summed E-state index contributed by atoms with van der Waals surface area (Å²) in [6.45, 7) is 10.4. The second-order valence-electron chi connectivity index (χ2n) is 4.40. The molecule has 0 rings (SSSR count). The minimum Gasteiger partial charge on any atom is -0.304 e. The molecule has 0 aromatic rings. The zero-order chi connectivity index (χ0) is 10.3. The standard InChI is InChI=1S/C12H27N/c1-6-12(7-2)9-8-10-13(5)11(3)4/h11-12H,6-10H2,1-5H3. The molecule has 0 spiro atoms. The minimum atomic E-state index is 0.696. The van der Waals surface area contributed by atoms with E-state index >= 15 is 0 Å². The summed E-state index contributed by atoms with van der Waals surface area (Å²) >= 11 is 0. The molecular formula is C12H27N. The molecule has 0 heterocycles. The predicted molar refractivity (Wildman–Crippen MR) is 61.1 cm³/mol. The van der Waals surface area contributed by atoms with E-state index in [-0.39, 0.29) is 0 Å². The number of hydrogen-bond donors (Lipinski definition) is 0. The van der Waals surface area contributed by atoms with Crippen molar-refractivity contribution in [3.63, 3.8) is 0 Å². The zero-order valence-electron chi connectivity index (χ0n) is 10.1. The zero-order valence-corrected chi connectivity index (χ0v) is 10.1. The van der Waals surface area contributed by atoms with Crippen molar-refractivity contribution < 1.29 is 0 Å². The molecule has 80 valence electrons. The van der Waals surface area contributed by atoms with E-state index in [1.54, 1.807) is 0 Å². The largest absolute Gasteiger partial charge is 0.304 e. The third-order valence-corrected chi connectivity index (χ3v) is 3.16. The summed E-state index contributed by atoms with van der Waals surface area (Å²) in [5.41, 5.74) is 0. The van der Waals surface area contributed by atoms with Gasteiger partial charge in [0, 0.05) is 6.04 Å². The summed E-state index contributed by atoms with van der Waals surface area (Å²) in [4.78, 5) is 2.43. The van der Waals surface area contributed by atoms with Crippen LogP contribution in [0, 0.1) is 5.92 Å². The molecule has 0 aromatic heterocycles. The van der Waals surface area contributed by atoms with Crippen LogP contribution in [0.4, 0.5) is 0 Å². The molecule has 0 bridgehead atoms. The lowest BCUT2D eigenvalue weighted by Gasteiger charge is -2.22. The van der Waals surface area contributed by atoms with Crippen LogP contribution in [0.3, 0.4) is 0 Å². The van der Waals surface area contributed by atoms with Gasteiger partial charge < -0.3 is 4.90 Å². The fourth-order valence-corrected chi connectivity index (χ4v) is 1.58. The monoisotopic (exact) mass is 185 g/mol. The number of nitrogens with zero attached hydrogens (tertiary/aromatic N) is 1. The predicted octanol–water partition coefficient (Wildman–Crippen LogP) is 3.54. The van der Waals surface area contributed by atoms with Crippen LogP contribution in [0.5, 0.6) is 0 Å². The van der Waals surface area contributed by atoms with Crippen molar-refractivity contribution in [1.82, 2.24) is 4.90 Å². The smallest absolute Gasteiger partial charge is 0.00355 e. The molecule has 0 radical (unpaired) electrons. The van der Waals surface area contributed by atoms with Crippen molar-refractivity contribution in [1.29, 1.82) is 0 Å². The molecule has 0 aliphatic rings. The molecule has 0 saturated heterocycles. The van der Waals surface area contributed by atoms with Gasteiger partial charge in [0.15, 0.2) is 0 Å². The van der Waals surface area contributed by atoms with E-state index in [0.717, 1.165) is 5.92 Å². The molecule has 13 heavy (non-hydrogen) atoms. The minimum absolute atomic E-state index is 0.696. The Labute approximate surface area is 84.5 Å². The maximum atomic E-state index is 2.43. The van der Waals surface area contributed by atoms with Gasteiger partial charge in [-0.3, -0.25) is 0 Å². The van der Waals surface area contributed by atoms with E-state index in [4.69, 9.17) is 0 Å². The Morgan fingerprint density at radius 2 is 1.62 bits per heavy atom. The molecule has 0 amide bonds. The third-order valence-electron chi connectivity index (χ3n) is 3.16. The maximum absolute atomic E-state index is 2.43. The molecule has 0 aromatic carbocycles. The lowest BCUT2D eigenvalue weighted by Crippen LogP contribution is -2.27. The van der Waals surface area contributed by atoms with Crippen LogP contribution in [0.1, 0.15) is 53.4 Å². The molecule has 1 heteroatoms. The van der Waals surface area contributed by atoms with E-state index in [2.05, 4.69) is 39.6 Å². The van der Waals surface area contributed by atoms with Crippen molar-refractivity contribution in [2.45, 2.75) is 59.4 Å². The van der Waals surface area contributed by atoms with Crippen LogP contribution in [-0.4, -0.2) is 24.5 Å². The van der Waals surface area contributed by atoms with Crippen molar-refractivity contribution in [3.8, 4) is 0 Å². The first-order valence-electron chi connectivity index (χ1n) is 5.82. The SMILES string of the molecule is CCC(CC)CCCN(C)C(C)C. The highest BCUT2D eigenvalue weighted by molar-refractivity contribution is 4.60.